The third kappa shape index (κ3) is 3.58. The van der Waals surface area contributed by atoms with Gasteiger partial charge >= 0.3 is 0 Å². The fraction of sp³-hybridized carbons (Fsp3) is 0.316. The lowest BCUT2D eigenvalue weighted by Crippen LogP contribution is -2.42. The highest BCUT2D eigenvalue weighted by Gasteiger charge is 2.31. The van der Waals surface area contributed by atoms with Crippen LogP contribution in [0.2, 0.25) is 0 Å². The van der Waals surface area contributed by atoms with E-state index in [1.807, 2.05) is 56.3 Å². The number of carbonyl (C=O) groups is 1. The molecule has 4 N–H and O–H groups in total. The number of hydrogen-bond acceptors (Lipinski definition) is 4. The molecule has 2 unspecified atom stereocenters. The fourth-order valence-corrected chi connectivity index (χ4v) is 3.10. The molecule has 1 heterocycles. The average molecular weight is 325 g/mol. The molecule has 5 nitrogen and oxygen atoms in total. The molecule has 2 atom stereocenters. The van der Waals surface area contributed by atoms with Crippen LogP contribution < -0.4 is 16.2 Å². The Morgan fingerprint density at radius 3 is 2.71 bits per heavy atom. The van der Waals surface area contributed by atoms with E-state index in [0.717, 1.165) is 22.3 Å². The summed E-state index contributed by atoms with van der Waals surface area (Å²) in [6.45, 7) is 4.40. The number of carbonyl (C=O) groups excluding carboxylic acids is 1. The SMILES string of the molecule is Cc1cc(C)c(O)c(C2CC(C(=O)NCc3ccccc3)NN2)c1. The molecular formula is C19H23N3O2. The summed E-state index contributed by atoms with van der Waals surface area (Å²) in [6, 6.07) is 13.3. The Morgan fingerprint density at radius 2 is 1.96 bits per heavy atom. The van der Waals surface area contributed by atoms with Crippen molar-refractivity contribution in [1.82, 2.24) is 16.2 Å². The maximum Gasteiger partial charge on any atom is 0.238 e. The van der Waals surface area contributed by atoms with Crippen LogP contribution in [0.1, 0.15) is 34.7 Å². The molecule has 1 aliphatic rings. The summed E-state index contributed by atoms with van der Waals surface area (Å²) in [5, 5.41) is 13.2. The summed E-state index contributed by atoms with van der Waals surface area (Å²) in [7, 11) is 0. The van der Waals surface area contributed by atoms with Crippen molar-refractivity contribution in [3.8, 4) is 5.75 Å². The molecule has 1 saturated heterocycles. The van der Waals surface area contributed by atoms with Gasteiger partial charge in [0.2, 0.25) is 5.91 Å². The van der Waals surface area contributed by atoms with Gasteiger partial charge in [0.1, 0.15) is 11.8 Å². The first kappa shape index (κ1) is 16.5. The van der Waals surface area contributed by atoms with Crippen LogP contribution in [0, 0.1) is 13.8 Å². The maximum absolute atomic E-state index is 12.3. The highest BCUT2D eigenvalue weighted by atomic mass is 16.3. The predicted molar refractivity (Wildman–Crippen MR) is 93.3 cm³/mol. The molecule has 0 radical (unpaired) electrons. The number of rotatable bonds is 4. The Bertz CT molecular complexity index is 731. The van der Waals surface area contributed by atoms with Gasteiger partial charge in [-0.2, -0.15) is 0 Å². The molecule has 0 aromatic heterocycles. The quantitative estimate of drug-likeness (QED) is 0.695. The molecular weight excluding hydrogens is 302 g/mol. The third-order valence-electron chi connectivity index (χ3n) is 4.38. The van der Waals surface area contributed by atoms with E-state index in [2.05, 4.69) is 16.2 Å². The van der Waals surface area contributed by atoms with Gasteiger partial charge in [-0.3, -0.25) is 4.79 Å². The van der Waals surface area contributed by atoms with Gasteiger partial charge < -0.3 is 10.4 Å². The van der Waals surface area contributed by atoms with Crippen LogP contribution in [0.25, 0.3) is 0 Å². The minimum Gasteiger partial charge on any atom is -0.507 e. The summed E-state index contributed by atoms with van der Waals surface area (Å²) in [6.07, 6.45) is 0.594. The number of benzene rings is 2. The van der Waals surface area contributed by atoms with Crippen molar-refractivity contribution >= 4 is 5.91 Å². The van der Waals surface area contributed by atoms with E-state index in [9.17, 15) is 9.90 Å². The molecule has 1 aliphatic heterocycles. The number of aryl methyl sites for hydroxylation is 2. The molecule has 5 heteroatoms. The van der Waals surface area contributed by atoms with Gasteiger partial charge in [0.25, 0.3) is 0 Å². The van der Waals surface area contributed by atoms with Crippen LogP contribution in [0.3, 0.4) is 0 Å². The molecule has 24 heavy (non-hydrogen) atoms. The second kappa shape index (κ2) is 7.03. The van der Waals surface area contributed by atoms with E-state index in [1.165, 1.54) is 0 Å². The van der Waals surface area contributed by atoms with Crippen LogP contribution in [-0.2, 0) is 11.3 Å². The summed E-state index contributed by atoms with van der Waals surface area (Å²) in [5.41, 5.74) is 10.0. The van der Waals surface area contributed by atoms with E-state index in [1.54, 1.807) is 0 Å². The molecule has 0 aliphatic carbocycles. The number of nitrogens with one attached hydrogen (secondary N) is 3. The van der Waals surface area contributed by atoms with Crippen molar-refractivity contribution in [2.24, 2.45) is 0 Å². The zero-order chi connectivity index (χ0) is 17.1. The number of hydrazine groups is 1. The Kier molecular flexibility index (Phi) is 4.83. The minimum absolute atomic E-state index is 0.0438. The van der Waals surface area contributed by atoms with Gasteiger partial charge in [-0.05, 0) is 31.4 Å². The molecule has 0 saturated carbocycles. The van der Waals surface area contributed by atoms with E-state index < -0.39 is 0 Å². The number of aromatic hydroxyl groups is 1. The summed E-state index contributed by atoms with van der Waals surface area (Å²) in [5.74, 6) is 0.253. The Morgan fingerprint density at radius 1 is 1.21 bits per heavy atom. The van der Waals surface area contributed by atoms with E-state index in [4.69, 9.17) is 0 Å². The fourth-order valence-electron chi connectivity index (χ4n) is 3.10. The summed E-state index contributed by atoms with van der Waals surface area (Å²) >= 11 is 0. The van der Waals surface area contributed by atoms with Gasteiger partial charge in [0, 0.05) is 12.1 Å². The zero-order valence-electron chi connectivity index (χ0n) is 14.0. The third-order valence-corrected chi connectivity index (χ3v) is 4.38. The van der Waals surface area contributed by atoms with Crippen LogP contribution >= 0.6 is 0 Å². The Hall–Kier alpha value is -2.37. The number of amides is 1. The molecule has 0 spiro atoms. The molecule has 126 valence electrons. The largest absolute Gasteiger partial charge is 0.507 e. The van der Waals surface area contributed by atoms with E-state index in [0.29, 0.717) is 18.7 Å². The molecule has 2 aromatic rings. The van der Waals surface area contributed by atoms with Crippen molar-refractivity contribution in [2.75, 3.05) is 0 Å². The van der Waals surface area contributed by atoms with Crippen LogP contribution in [0.5, 0.6) is 5.75 Å². The standard InChI is InChI=1S/C19H23N3O2/c1-12-8-13(2)18(23)15(9-12)16-10-17(22-21-16)19(24)20-11-14-6-4-3-5-7-14/h3-9,16-17,21-23H,10-11H2,1-2H3,(H,20,24). The normalized spacial score (nSPS) is 20.1. The lowest BCUT2D eigenvalue weighted by Gasteiger charge is -2.14. The summed E-state index contributed by atoms with van der Waals surface area (Å²) < 4.78 is 0. The average Bonchev–Trinajstić information content (AvgIpc) is 3.07. The number of phenols is 1. The van der Waals surface area contributed by atoms with Gasteiger partial charge in [-0.15, -0.1) is 0 Å². The van der Waals surface area contributed by atoms with Crippen LogP contribution in [0.15, 0.2) is 42.5 Å². The lowest BCUT2D eigenvalue weighted by molar-refractivity contribution is -0.123. The molecule has 1 fully saturated rings. The summed E-state index contributed by atoms with van der Waals surface area (Å²) in [4.78, 5) is 12.3. The molecule has 3 rings (SSSR count). The second-order valence-corrected chi connectivity index (χ2v) is 6.35. The maximum atomic E-state index is 12.3. The topological polar surface area (TPSA) is 73.4 Å². The molecule has 0 bridgehead atoms. The van der Waals surface area contributed by atoms with Gasteiger partial charge in [0.05, 0.1) is 6.04 Å². The first-order valence-corrected chi connectivity index (χ1v) is 8.17. The van der Waals surface area contributed by atoms with Crippen molar-refractivity contribution in [1.29, 1.82) is 0 Å². The molecule has 2 aromatic carbocycles. The first-order valence-electron chi connectivity index (χ1n) is 8.17. The number of hydrogen-bond donors (Lipinski definition) is 4. The molecule has 1 amide bonds. The monoisotopic (exact) mass is 325 g/mol. The second-order valence-electron chi connectivity index (χ2n) is 6.35. The van der Waals surface area contributed by atoms with Gasteiger partial charge in [-0.25, -0.2) is 10.9 Å². The van der Waals surface area contributed by atoms with Crippen molar-refractivity contribution < 1.29 is 9.90 Å². The van der Waals surface area contributed by atoms with Crippen molar-refractivity contribution in [3.63, 3.8) is 0 Å². The Labute approximate surface area is 142 Å². The Balaban J connectivity index is 1.62. The first-order chi connectivity index (χ1) is 11.5. The van der Waals surface area contributed by atoms with Crippen molar-refractivity contribution in [3.05, 3.63) is 64.7 Å². The van der Waals surface area contributed by atoms with E-state index >= 15 is 0 Å². The highest BCUT2D eigenvalue weighted by molar-refractivity contribution is 5.82. The lowest BCUT2D eigenvalue weighted by atomic mass is 9.96. The van der Waals surface area contributed by atoms with E-state index in [-0.39, 0.29) is 18.0 Å². The highest BCUT2D eigenvalue weighted by Crippen LogP contribution is 2.33. The van der Waals surface area contributed by atoms with Gasteiger partial charge in [-0.1, -0.05) is 48.0 Å². The smallest absolute Gasteiger partial charge is 0.238 e. The van der Waals surface area contributed by atoms with Gasteiger partial charge in [0.15, 0.2) is 0 Å². The van der Waals surface area contributed by atoms with Crippen molar-refractivity contribution in [2.45, 2.75) is 38.9 Å². The minimum atomic E-state index is -0.320. The number of phenolic OH excluding ortho intramolecular Hbond substituents is 1. The van der Waals surface area contributed by atoms with Crippen LogP contribution in [-0.4, -0.2) is 17.1 Å². The zero-order valence-corrected chi connectivity index (χ0v) is 14.0. The predicted octanol–water partition coefficient (Wildman–Crippen LogP) is 2.23. The van der Waals surface area contributed by atoms with Crippen LogP contribution in [0.4, 0.5) is 0 Å².